The molecule has 1 amide bonds. The number of H-pyrrole nitrogens is 1. The minimum Gasteiger partial charge on any atom is -0.317 e. The maximum absolute atomic E-state index is 12.0. The average Bonchev–Trinajstić information content (AvgIpc) is 2.89. The number of nitrogens with one attached hydrogen (secondary N) is 2. The molecule has 0 spiro atoms. The maximum atomic E-state index is 12.0. The Morgan fingerprint density at radius 3 is 2.95 bits per heavy atom. The number of amides is 1. The van der Waals surface area contributed by atoms with Gasteiger partial charge in [-0.2, -0.15) is 5.10 Å². The van der Waals surface area contributed by atoms with Crippen LogP contribution < -0.4 is 10.9 Å². The van der Waals surface area contributed by atoms with Crippen LogP contribution in [0.1, 0.15) is 10.5 Å². The van der Waals surface area contributed by atoms with Gasteiger partial charge in [-0.05, 0) is 18.2 Å². The van der Waals surface area contributed by atoms with Gasteiger partial charge < -0.3 is 9.72 Å². The van der Waals surface area contributed by atoms with Crippen molar-refractivity contribution in [2.45, 2.75) is 0 Å². The fraction of sp³-hybridized carbons (Fsp3) is 0. The van der Waals surface area contributed by atoms with Crippen LogP contribution in [0.2, 0.25) is 0 Å². The van der Waals surface area contributed by atoms with E-state index in [0.29, 0.717) is 11.3 Å². The lowest BCUT2D eigenvalue weighted by atomic mass is 10.3. The first kappa shape index (κ1) is 11.1. The Hall–Kier alpha value is -2.96. The molecule has 3 rings (SSSR count). The number of fused-ring (bicyclic) bond motifs is 1. The first-order chi connectivity index (χ1) is 9.24. The van der Waals surface area contributed by atoms with Crippen molar-refractivity contribution in [1.29, 1.82) is 0 Å². The lowest BCUT2D eigenvalue weighted by molar-refractivity contribution is 0.102. The van der Waals surface area contributed by atoms with E-state index in [0.717, 1.165) is 0 Å². The molecule has 0 aromatic carbocycles. The number of imidazole rings is 1. The van der Waals surface area contributed by atoms with E-state index in [1.165, 1.54) is 12.1 Å². The first-order valence-electron chi connectivity index (χ1n) is 5.53. The molecule has 0 aliphatic carbocycles. The second kappa shape index (κ2) is 4.37. The number of hydrogen-bond donors (Lipinski definition) is 2. The SMILES string of the molecule is O=C(Nc1cccn2ccnc12)c1ccc(=O)[nH]n1. The summed E-state index contributed by atoms with van der Waals surface area (Å²) in [6.45, 7) is 0. The number of anilines is 1. The number of aromatic nitrogens is 4. The number of rotatable bonds is 2. The van der Waals surface area contributed by atoms with Crippen LogP contribution in [0, 0.1) is 0 Å². The Kier molecular flexibility index (Phi) is 2.57. The normalized spacial score (nSPS) is 10.5. The smallest absolute Gasteiger partial charge is 0.276 e. The summed E-state index contributed by atoms with van der Waals surface area (Å²) < 4.78 is 1.79. The van der Waals surface area contributed by atoms with Gasteiger partial charge in [0, 0.05) is 24.7 Å². The minimum atomic E-state index is -0.410. The third-order valence-electron chi connectivity index (χ3n) is 2.58. The second-order valence-electron chi connectivity index (χ2n) is 3.84. The largest absolute Gasteiger partial charge is 0.317 e. The lowest BCUT2D eigenvalue weighted by Gasteiger charge is -2.05. The van der Waals surface area contributed by atoms with Crippen molar-refractivity contribution in [2.24, 2.45) is 0 Å². The predicted molar refractivity (Wildman–Crippen MR) is 68.0 cm³/mol. The third kappa shape index (κ3) is 2.08. The van der Waals surface area contributed by atoms with Crippen LogP contribution in [0.25, 0.3) is 5.65 Å². The molecule has 19 heavy (non-hydrogen) atoms. The number of carbonyl (C=O) groups is 1. The second-order valence-corrected chi connectivity index (χ2v) is 3.84. The van der Waals surface area contributed by atoms with Gasteiger partial charge in [0.2, 0.25) is 0 Å². The van der Waals surface area contributed by atoms with Crippen molar-refractivity contribution in [3.8, 4) is 0 Å². The van der Waals surface area contributed by atoms with Gasteiger partial charge in [-0.15, -0.1) is 0 Å². The summed E-state index contributed by atoms with van der Waals surface area (Å²) in [6, 6.07) is 6.15. The summed E-state index contributed by atoms with van der Waals surface area (Å²) >= 11 is 0. The van der Waals surface area contributed by atoms with Crippen LogP contribution >= 0.6 is 0 Å². The molecule has 0 saturated heterocycles. The minimum absolute atomic E-state index is 0.133. The molecule has 3 aromatic heterocycles. The van der Waals surface area contributed by atoms with Crippen LogP contribution in [0.4, 0.5) is 5.69 Å². The van der Waals surface area contributed by atoms with E-state index >= 15 is 0 Å². The van der Waals surface area contributed by atoms with Crippen molar-refractivity contribution in [3.63, 3.8) is 0 Å². The van der Waals surface area contributed by atoms with Crippen molar-refractivity contribution >= 4 is 17.2 Å². The predicted octanol–water partition coefficient (Wildman–Crippen LogP) is 0.670. The number of carbonyl (C=O) groups excluding carboxylic acids is 1. The molecule has 0 bridgehead atoms. The van der Waals surface area contributed by atoms with E-state index in [9.17, 15) is 9.59 Å². The van der Waals surface area contributed by atoms with E-state index in [4.69, 9.17) is 0 Å². The molecule has 2 N–H and O–H groups in total. The Balaban J connectivity index is 1.92. The Bertz CT molecular complexity index is 784. The van der Waals surface area contributed by atoms with E-state index in [1.54, 1.807) is 28.9 Å². The van der Waals surface area contributed by atoms with Gasteiger partial charge in [-0.25, -0.2) is 10.1 Å². The monoisotopic (exact) mass is 255 g/mol. The van der Waals surface area contributed by atoms with Crippen molar-refractivity contribution in [1.82, 2.24) is 19.6 Å². The van der Waals surface area contributed by atoms with E-state index in [-0.39, 0.29) is 11.3 Å². The van der Waals surface area contributed by atoms with Crippen LogP contribution in [-0.2, 0) is 0 Å². The Labute approximate surface area is 106 Å². The molecule has 3 heterocycles. The summed E-state index contributed by atoms with van der Waals surface area (Å²) in [7, 11) is 0. The van der Waals surface area contributed by atoms with Gasteiger partial charge in [0.05, 0.1) is 5.69 Å². The quantitative estimate of drug-likeness (QED) is 0.704. The van der Waals surface area contributed by atoms with Crippen molar-refractivity contribution in [3.05, 3.63) is 58.9 Å². The van der Waals surface area contributed by atoms with Crippen LogP contribution in [0.3, 0.4) is 0 Å². The number of aromatic amines is 1. The number of nitrogens with zero attached hydrogens (tertiary/aromatic N) is 3. The maximum Gasteiger partial charge on any atom is 0.276 e. The molecule has 0 aliphatic heterocycles. The summed E-state index contributed by atoms with van der Waals surface area (Å²) in [5.41, 5.74) is 0.992. The highest BCUT2D eigenvalue weighted by molar-refractivity contribution is 6.04. The van der Waals surface area contributed by atoms with Crippen LogP contribution in [0.15, 0.2) is 47.7 Å². The van der Waals surface area contributed by atoms with Gasteiger partial charge in [0.1, 0.15) is 5.69 Å². The average molecular weight is 255 g/mol. The van der Waals surface area contributed by atoms with Gasteiger partial charge in [0.25, 0.3) is 11.5 Å². The summed E-state index contributed by atoms with van der Waals surface area (Å²) in [6.07, 6.45) is 5.25. The zero-order valence-corrected chi connectivity index (χ0v) is 9.70. The fourth-order valence-electron chi connectivity index (χ4n) is 1.70. The zero-order chi connectivity index (χ0) is 13.2. The number of pyridine rings is 1. The Morgan fingerprint density at radius 1 is 1.26 bits per heavy atom. The Morgan fingerprint density at radius 2 is 2.16 bits per heavy atom. The molecule has 0 aliphatic rings. The molecule has 0 fully saturated rings. The molecular formula is C12H9N5O2. The molecule has 0 saturated carbocycles. The van der Waals surface area contributed by atoms with Crippen LogP contribution in [-0.4, -0.2) is 25.5 Å². The lowest BCUT2D eigenvalue weighted by Crippen LogP contribution is -2.17. The molecular weight excluding hydrogens is 246 g/mol. The molecule has 0 unspecified atom stereocenters. The van der Waals surface area contributed by atoms with Crippen LogP contribution in [0.5, 0.6) is 0 Å². The third-order valence-corrected chi connectivity index (χ3v) is 2.58. The molecule has 94 valence electrons. The first-order valence-corrected chi connectivity index (χ1v) is 5.53. The standard InChI is InChI=1S/C12H9N5O2/c18-10-4-3-9(15-16-10)12(19)14-8-2-1-6-17-7-5-13-11(8)17/h1-7H,(H,14,19)(H,16,18). The van der Waals surface area contributed by atoms with E-state index in [1.807, 2.05) is 6.20 Å². The van der Waals surface area contributed by atoms with Gasteiger partial charge >= 0.3 is 0 Å². The van der Waals surface area contributed by atoms with Gasteiger partial charge in [0.15, 0.2) is 5.65 Å². The highest BCUT2D eigenvalue weighted by Gasteiger charge is 2.10. The topological polar surface area (TPSA) is 92.2 Å². The highest BCUT2D eigenvalue weighted by atomic mass is 16.2. The summed E-state index contributed by atoms with van der Waals surface area (Å²) in [5.74, 6) is -0.410. The summed E-state index contributed by atoms with van der Waals surface area (Å²) in [5, 5.41) is 8.58. The number of hydrogen-bond acceptors (Lipinski definition) is 4. The molecule has 0 radical (unpaired) electrons. The molecule has 7 nitrogen and oxygen atoms in total. The fourth-order valence-corrected chi connectivity index (χ4v) is 1.70. The van der Waals surface area contributed by atoms with Crippen molar-refractivity contribution in [2.75, 3.05) is 5.32 Å². The van der Waals surface area contributed by atoms with Gasteiger partial charge in [-0.3, -0.25) is 9.59 Å². The summed E-state index contributed by atoms with van der Waals surface area (Å²) in [4.78, 5) is 27.0. The van der Waals surface area contributed by atoms with E-state index < -0.39 is 5.91 Å². The van der Waals surface area contributed by atoms with Crippen molar-refractivity contribution < 1.29 is 4.79 Å². The molecule has 0 atom stereocenters. The zero-order valence-electron chi connectivity index (χ0n) is 9.70. The van der Waals surface area contributed by atoms with Gasteiger partial charge in [-0.1, -0.05) is 0 Å². The molecule has 3 aromatic rings. The highest BCUT2D eigenvalue weighted by Crippen LogP contribution is 2.14. The molecule has 7 heteroatoms. The van der Waals surface area contributed by atoms with E-state index in [2.05, 4.69) is 20.5 Å².